The molecule has 0 fully saturated rings. The molecule has 20 heavy (non-hydrogen) atoms. The molecule has 1 aliphatic rings. The third-order valence-electron chi connectivity index (χ3n) is 4.38. The maximum atomic E-state index is 9.95. The van der Waals surface area contributed by atoms with Gasteiger partial charge in [0, 0.05) is 12.8 Å². The Balaban J connectivity index is 2.03. The van der Waals surface area contributed by atoms with Crippen molar-refractivity contribution in [3.05, 3.63) is 59.7 Å². The molecule has 3 aromatic carbocycles. The lowest BCUT2D eigenvalue weighted by Crippen LogP contribution is -2.34. The van der Waals surface area contributed by atoms with E-state index in [9.17, 15) is 10.2 Å². The molecular weight excluding hydrogens is 248 g/mol. The quantitative estimate of drug-likeness (QED) is 0.613. The summed E-state index contributed by atoms with van der Waals surface area (Å²) in [5.41, 5.74) is 2.34. The molecule has 2 nitrogen and oxygen atoms in total. The maximum absolute atomic E-state index is 9.95. The summed E-state index contributed by atoms with van der Waals surface area (Å²) in [6.45, 7) is 0. The van der Waals surface area contributed by atoms with Crippen LogP contribution in [0.5, 0.6) is 0 Å². The van der Waals surface area contributed by atoms with Crippen LogP contribution < -0.4 is 0 Å². The van der Waals surface area contributed by atoms with E-state index < -0.39 is 12.2 Å². The number of fused-ring (bicyclic) bond motifs is 4. The molecular formula is C18H16O2. The van der Waals surface area contributed by atoms with Crippen LogP contribution in [-0.2, 0) is 12.8 Å². The van der Waals surface area contributed by atoms with E-state index in [0.29, 0.717) is 12.8 Å². The van der Waals surface area contributed by atoms with Gasteiger partial charge in [-0.3, -0.25) is 0 Å². The molecule has 0 amide bonds. The Kier molecular flexibility index (Phi) is 2.56. The summed E-state index contributed by atoms with van der Waals surface area (Å²) >= 11 is 0. The van der Waals surface area contributed by atoms with Crippen LogP contribution in [0, 0.1) is 0 Å². The highest BCUT2D eigenvalue weighted by Crippen LogP contribution is 2.32. The molecule has 2 atom stereocenters. The SMILES string of the molecule is OC1Cc2ccc3cc4ccccc4cc3c2CC1O. The Morgan fingerprint density at radius 3 is 2.25 bits per heavy atom. The summed E-state index contributed by atoms with van der Waals surface area (Å²) in [4.78, 5) is 0. The molecule has 0 aromatic heterocycles. The van der Waals surface area contributed by atoms with Crippen LogP contribution in [0.3, 0.4) is 0 Å². The van der Waals surface area contributed by atoms with Crippen molar-refractivity contribution in [1.29, 1.82) is 0 Å². The molecule has 3 aromatic rings. The van der Waals surface area contributed by atoms with Gasteiger partial charge in [0.25, 0.3) is 0 Å². The summed E-state index contributed by atoms with van der Waals surface area (Å²) < 4.78 is 0. The van der Waals surface area contributed by atoms with E-state index in [1.165, 1.54) is 27.1 Å². The second kappa shape index (κ2) is 4.30. The first-order valence-corrected chi connectivity index (χ1v) is 7.02. The Labute approximate surface area is 117 Å². The average Bonchev–Trinajstić information content (AvgIpc) is 2.47. The van der Waals surface area contributed by atoms with Gasteiger partial charge in [0.15, 0.2) is 0 Å². The standard InChI is InChI=1S/C18H16O2/c19-17-9-14-6-5-13-7-11-3-1-2-4-12(11)8-15(13)16(14)10-18(17)20/h1-8,17-20H,9-10H2. The van der Waals surface area contributed by atoms with Crippen LogP contribution in [0.4, 0.5) is 0 Å². The van der Waals surface area contributed by atoms with E-state index in [1.54, 1.807) is 0 Å². The van der Waals surface area contributed by atoms with Crippen molar-refractivity contribution in [1.82, 2.24) is 0 Å². The first-order chi connectivity index (χ1) is 9.72. The van der Waals surface area contributed by atoms with Gasteiger partial charge in [0.1, 0.15) is 0 Å². The van der Waals surface area contributed by atoms with Crippen LogP contribution in [0.2, 0.25) is 0 Å². The van der Waals surface area contributed by atoms with Crippen molar-refractivity contribution in [2.75, 3.05) is 0 Å². The minimum absolute atomic E-state index is 0.534. The molecule has 0 aliphatic heterocycles. The third kappa shape index (κ3) is 1.73. The molecule has 2 unspecified atom stereocenters. The van der Waals surface area contributed by atoms with Crippen LogP contribution in [-0.4, -0.2) is 22.4 Å². The first kappa shape index (κ1) is 11.9. The van der Waals surface area contributed by atoms with Crippen molar-refractivity contribution in [3.8, 4) is 0 Å². The minimum atomic E-state index is -0.653. The molecule has 1 aliphatic carbocycles. The number of hydrogen-bond acceptors (Lipinski definition) is 2. The summed E-state index contributed by atoms with van der Waals surface area (Å²) in [7, 11) is 0. The zero-order valence-electron chi connectivity index (χ0n) is 11.1. The van der Waals surface area contributed by atoms with Gasteiger partial charge in [-0.05, 0) is 44.8 Å². The van der Waals surface area contributed by atoms with E-state index >= 15 is 0 Å². The third-order valence-corrected chi connectivity index (χ3v) is 4.38. The molecule has 0 saturated carbocycles. The van der Waals surface area contributed by atoms with Gasteiger partial charge in [-0.1, -0.05) is 36.4 Å². The zero-order valence-corrected chi connectivity index (χ0v) is 11.1. The predicted octanol–water partition coefficient (Wildman–Crippen LogP) is 2.81. The van der Waals surface area contributed by atoms with E-state index in [1.807, 2.05) is 12.1 Å². The lowest BCUT2D eigenvalue weighted by molar-refractivity contribution is 0.0145. The van der Waals surface area contributed by atoms with Gasteiger partial charge in [0.05, 0.1) is 12.2 Å². The number of aliphatic hydroxyl groups is 2. The zero-order chi connectivity index (χ0) is 13.7. The molecule has 0 heterocycles. The summed E-state index contributed by atoms with van der Waals surface area (Å²) in [5, 5.41) is 24.6. The Morgan fingerprint density at radius 1 is 0.750 bits per heavy atom. The Morgan fingerprint density at radius 2 is 1.45 bits per heavy atom. The number of benzene rings is 3. The molecule has 2 heteroatoms. The van der Waals surface area contributed by atoms with Crippen LogP contribution in [0.1, 0.15) is 11.1 Å². The van der Waals surface area contributed by atoms with Crippen LogP contribution in [0.15, 0.2) is 48.5 Å². The van der Waals surface area contributed by atoms with Crippen LogP contribution in [0.25, 0.3) is 21.5 Å². The van der Waals surface area contributed by atoms with E-state index in [4.69, 9.17) is 0 Å². The number of hydrogen-bond donors (Lipinski definition) is 2. The number of aliphatic hydroxyl groups excluding tert-OH is 2. The van der Waals surface area contributed by atoms with Gasteiger partial charge in [-0.15, -0.1) is 0 Å². The first-order valence-electron chi connectivity index (χ1n) is 7.02. The topological polar surface area (TPSA) is 40.5 Å². The predicted molar refractivity (Wildman–Crippen MR) is 80.9 cm³/mol. The minimum Gasteiger partial charge on any atom is -0.390 e. The van der Waals surface area contributed by atoms with Gasteiger partial charge in [0.2, 0.25) is 0 Å². The second-order valence-corrected chi connectivity index (χ2v) is 5.67. The molecule has 0 radical (unpaired) electrons. The molecule has 4 rings (SSSR count). The molecule has 0 bridgehead atoms. The highest BCUT2D eigenvalue weighted by molar-refractivity contribution is 6.00. The molecule has 100 valence electrons. The van der Waals surface area contributed by atoms with Gasteiger partial charge in [-0.2, -0.15) is 0 Å². The highest BCUT2D eigenvalue weighted by atomic mass is 16.3. The van der Waals surface area contributed by atoms with Crippen molar-refractivity contribution < 1.29 is 10.2 Å². The summed E-state index contributed by atoms with van der Waals surface area (Å²) in [5.74, 6) is 0. The smallest absolute Gasteiger partial charge is 0.0842 e. The lowest BCUT2D eigenvalue weighted by atomic mass is 9.84. The summed E-state index contributed by atoms with van der Waals surface area (Å²) in [6, 6.07) is 16.9. The average molecular weight is 264 g/mol. The maximum Gasteiger partial charge on any atom is 0.0842 e. The fourth-order valence-electron chi connectivity index (χ4n) is 3.26. The largest absolute Gasteiger partial charge is 0.390 e. The van der Waals surface area contributed by atoms with E-state index in [2.05, 4.69) is 36.4 Å². The van der Waals surface area contributed by atoms with E-state index in [-0.39, 0.29) is 0 Å². The van der Waals surface area contributed by atoms with Gasteiger partial charge < -0.3 is 10.2 Å². The highest BCUT2D eigenvalue weighted by Gasteiger charge is 2.26. The monoisotopic (exact) mass is 264 g/mol. The number of rotatable bonds is 0. The van der Waals surface area contributed by atoms with Crippen LogP contribution >= 0.6 is 0 Å². The Hall–Kier alpha value is -1.90. The molecule has 2 N–H and O–H groups in total. The van der Waals surface area contributed by atoms with Crippen molar-refractivity contribution in [3.63, 3.8) is 0 Å². The Bertz CT molecular complexity index is 807. The lowest BCUT2D eigenvalue weighted by Gasteiger charge is -2.27. The van der Waals surface area contributed by atoms with Crippen molar-refractivity contribution >= 4 is 21.5 Å². The summed E-state index contributed by atoms with van der Waals surface area (Å²) in [6.07, 6.45) is -0.217. The molecule has 0 saturated heterocycles. The van der Waals surface area contributed by atoms with Gasteiger partial charge >= 0.3 is 0 Å². The van der Waals surface area contributed by atoms with Crippen molar-refractivity contribution in [2.45, 2.75) is 25.0 Å². The second-order valence-electron chi connectivity index (χ2n) is 5.67. The fraction of sp³-hybridized carbons (Fsp3) is 0.222. The molecule has 0 spiro atoms. The fourth-order valence-corrected chi connectivity index (χ4v) is 3.26. The van der Waals surface area contributed by atoms with Gasteiger partial charge in [-0.25, -0.2) is 0 Å². The van der Waals surface area contributed by atoms with Crippen molar-refractivity contribution in [2.24, 2.45) is 0 Å². The van der Waals surface area contributed by atoms with E-state index in [0.717, 1.165) is 5.56 Å². The normalized spacial score (nSPS) is 22.1.